The van der Waals surface area contributed by atoms with Gasteiger partial charge in [-0.05, 0) is 25.0 Å². The fourth-order valence-corrected chi connectivity index (χ4v) is 1.82. The van der Waals surface area contributed by atoms with Crippen molar-refractivity contribution in [3.05, 3.63) is 35.9 Å². The Hall–Kier alpha value is -1.88. The average molecular weight is 262 g/mol. The standard InChI is InChI=1S/C12H12ClN5/c13-11-10(16-12(14)8-3-4-8)7-18(17-11)9-2-1-5-15-6-9/h1-2,5-8H,3-4H2,(H2,14,16). The van der Waals surface area contributed by atoms with Gasteiger partial charge in [-0.3, -0.25) is 4.98 Å². The van der Waals surface area contributed by atoms with E-state index in [-0.39, 0.29) is 0 Å². The first-order valence-corrected chi connectivity index (χ1v) is 6.11. The molecule has 0 spiro atoms. The third-order valence-corrected chi connectivity index (χ3v) is 3.08. The molecule has 2 aromatic heterocycles. The summed E-state index contributed by atoms with van der Waals surface area (Å²) in [6, 6.07) is 3.74. The van der Waals surface area contributed by atoms with Crippen LogP contribution in [0.25, 0.3) is 5.69 Å². The molecule has 1 aliphatic carbocycles. The largest absolute Gasteiger partial charge is 0.387 e. The van der Waals surface area contributed by atoms with Gasteiger partial charge in [0.15, 0.2) is 5.15 Å². The van der Waals surface area contributed by atoms with Gasteiger partial charge in [-0.1, -0.05) is 11.6 Å². The number of hydrogen-bond acceptors (Lipinski definition) is 3. The third kappa shape index (κ3) is 2.22. The molecule has 0 radical (unpaired) electrons. The minimum Gasteiger partial charge on any atom is -0.387 e. The van der Waals surface area contributed by atoms with E-state index in [1.54, 1.807) is 23.3 Å². The van der Waals surface area contributed by atoms with Crippen molar-refractivity contribution in [3.63, 3.8) is 0 Å². The van der Waals surface area contributed by atoms with Crippen LogP contribution >= 0.6 is 11.6 Å². The smallest absolute Gasteiger partial charge is 0.177 e. The predicted molar refractivity (Wildman–Crippen MR) is 70.4 cm³/mol. The first-order valence-electron chi connectivity index (χ1n) is 5.73. The maximum atomic E-state index is 6.05. The summed E-state index contributed by atoms with van der Waals surface area (Å²) in [5, 5.41) is 4.54. The van der Waals surface area contributed by atoms with Crippen LogP contribution in [-0.2, 0) is 0 Å². The Bertz CT molecular complexity index is 586. The second-order valence-electron chi connectivity index (χ2n) is 4.27. The topological polar surface area (TPSA) is 69.1 Å². The van der Waals surface area contributed by atoms with E-state index in [2.05, 4.69) is 15.1 Å². The monoisotopic (exact) mass is 261 g/mol. The van der Waals surface area contributed by atoms with Gasteiger partial charge in [0.25, 0.3) is 0 Å². The third-order valence-electron chi connectivity index (χ3n) is 2.81. The van der Waals surface area contributed by atoms with Crippen molar-refractivity contribution in [3.8, 4) is 5.69 Å². The lowest BCUT2D eigenvalue weighted by Gasteiger charge is -1.97. The van der Waals surface area contributed by atoms with Gasteiger partial charge in [0.2, 0.25) is 0 Å². The fourth-order valence-electron chi connectivity index (χ4n) is 1.65. The summed E-state index contributed by atoms with van der Waals surface area (Å²) in [5.41, 5.74) is 7.31. The molecule has 0 amide bonds. The second kappa shape index (κ2) is 4.42. The molecule has 0 aliphatic heterocycles. The van der Waals surface area contributed by atoms with Crippen molar-refractivity contribution >= 4 is 23.1 Å². The van der Waals surface area contributed by atoms with Gasteiger partial charge in [0, 0.05) is 12.1 Å². The van der Waals surface area contributed by atoms with Crippen molar-refractivity contribution in [2.75, 3.05) is 0 Å². The molecule has 1 fully saturated rings. The summed E-state index contributed by atoms with van der Waals surface area (Å²) in [5.74, 6) is 1.06. The Morgan fingerprint density at radius 1 is 1.50 bits per heavy atom. The van der Waals surface area contributed by atoms with Crippen molar-refractivity contribution in [2.45, 2.75) is 12.8 Å². The van der Waals surface area contributed by atoms with Crippen LogP contribution in [0.15, 0.2) is 35.7 Å². The molecule has 92 valence electrons. The summed E-state index contributed by atoms with van der Waals surface area (Å²) in [6.07, 6.45) is 7.40. The van der Waals surface area contributed by atoms with Gasteiger partial charge in [-0.25, -0.2) is 9.67 Å². The van der Waals surface area contributed by atoms with Crippen LogP contribution in [-0.4, -0.2) is 20.6 Å². The molecule has 2 N–H and O–H groups in total. The normalized spacial score (nSPS) is 15.9. The maximum absolute atomic E-state index is 6.05. The van der Waals surface area contributed by atoms with Crippen LogP contribution in [0.3, 0.4) is 0 Å². The zero-order valence-corrected chi connectivity index (χ0v) is 10.4. The van der Waals surface area contributed by atoms with E-state index < -0.39 is 0 Å². The summed E-state index contributed by atoms with van der Waals surface area (Å²) in [7, 11) is 0. The van der Waals surface area contributed by atoms with Gasteiger partial charge in [0.05, 0.1) is 18.1 Å². The number of nitrogens with two attached hydrogens (primary N) is 1. The lowest BCUT2D eigenvalue weighted by molar-refractivity contribution is 0.874. The van der Waals surface area contributed by atoms with Crippen molar-refractivity contribution in [1.82, 2.24) is 14.8 Å². The highest BCUT2D eigenvalue weighted by molar-refractivity contribution is 6.31. The number of rotatable bonds is 3. The van der Waals surface area contributed by atoms with Gasteiger partial charge < -0.3 is 5.73 Å². The average Bonchev–Trinajstić information content (AvgIpc) is 3.17. The molecular weight excluding hydrogens is 250 g/mol. The lowest BCUT2D eigenvalue weighted by Crippen LogP contribution is -2.12. The van der Waals surface area contributed by atoms with Crippen molar-refractivity contribution < 1.29 is 0 Å². The molecule has 1 saturated carbocycles. The summed E-state index contributed by atoms with van der Waals surface area (Å²) in [4.78, 5) is 8.36. The van der Waals surface area contributed by atoms with Crippen LogP contribution in [0, 0.1) is 5.92 Å². The van der Waals surface area contributed by atoms with Crippen molar-refractivity contribution in [1.29, 1.82) is 0 Å². The number of nitrogens with zero attached hydrogens (tertiary/aromatic N) is 4. The Morgan fingerprint density at radius 3 is 3.00 bits per heavy atom. The second-order valence-corrected chi connectivity index (χ2v) is 4.63. The first-order chi connectivity index (χ1) is 8.74. The molecule has 1 aliphatic rings. The summed E-state index contributed by atoms with van der Waals surface area (Å²) < 4.78 is 1.65. The molecule has 2 aromatic rings. The molecule has 0 bridgehead atoms. The molecule has 6 heteroatoms. The van der Waals surface area contributed by atoms with Gasteiger partial charge in [-0.15, -0.1) is 0 Å². The van der Waals surface area contributed by atoms with Crippen molar-refractivity contribution in [2.24, 2.45) is 16.6 Å². The first kappa shape index (κ1) is 11.2. The molecule has 0 saturated heterocycles. The number of pyridine rings is 1. The molecule has 0 aromatic carbocycles. The van der Waals surface area contributed by atoms with E-state index in [9.17, 15) is 0 Å². The lowest BCUT2D eigenvalue weighted by atomic mass is 10.4. The van der Waals surface area contributed by atoms with Crippen LogP contribution in [0.4, 0.5) is 5.69 Å². The zero-order valence-electron chi connectivity index (χ0n) is 9.62. The van der Waals surface area contributed by atoms with E-state index in [0.717, 1.165) is 18.5 Å². The van der Waals surface area contributed by atoms with E-state index in [1.807, 2.05) is 12.1 Å². The maximum Gasteiger partial charge on any atom is 0.177 e. The quantitative estimate of drug-likeness (QED) is 0.681. The number of halogens is 1. The minimum atomic E-state index is 0.349. The van der Waals surface area contributed by atoms with E-state index in [0.29, 0.717) is 22.6 Å². The Balaban J connectivity index is 1.93. The van der Waals surface area contributed by atoms with E-state index in [1.165, 1.54) is 0 Å². The number of hydrogen-bond donors (Lipinski definition) is 1. The molecular formula is C12H12ClN5. The number of aromatic nitrogens is 3. The summed E-state index contributed by atoms with van der Waals surface area (Å²) >= 11 is 6.05. The van der Waals surface area contributed by atoms with Crippen LogP contribution in [0.2, 0.25) is 5.15 Å². The van der Waals surface area contributed by atoms with Crippen LogP contribution < -0.4 is 5.73 Å². The van der Waals surface area contributed by atoms with Gasteiger partial charge >= 0.3 is 0 Å². The molecule has 18 heavy (non-hydrogen) atoms. The fraction of sp³-hybridized carbons (Fsp3) is 0.250. The Morgan fingerprint density at radius 2 is 2.33 bits per heavy atom. The molecule has 0 atom stereocenters. The van der Waals surface area contributed by atoms with Gasteiger partial charge in [0.1, 0.15) is 11.5 Å². The minimum absolute atomic E-state index is 0.349. The van der Waals surface area contributed by atoms with E-state index >= 15 is 0 Å². The Kier molecular flexibility index (Phi) is 2.76. The number of amidine groups is 1. The zero-order chi connectivity index (χ0) is 12.5. The molecule has 2 heterocycles. The highest BCUT2D eigenvalue weighted by atomic mass is 35.5. The number of aliphatic imine (C=N–C) groups is 1. The highest BCUT2D eigenvalue weighted by Crippen LogP contribution is 2.32. The highest BCUT2D eigenvalue weighted by Gasteiger charge is 2.25. The Labute approximate surface area is 109 Å². The van der Waals surface area contributed by atoms with Gasteiger partial charge in [-0.2, -0.15) is 5.10 Å². The molecule has 5 nitrogen and oxygen atoms in total. The van der Waals surface area contributed by atoms with Crippen LogP contribution in [0.1, 0.15) is 12.8 Å². The molecule has 3 rings (SSSR count). The van der Waals surface area contributed by atoms with E-state index in [4.69, 9.17) is 17.3 Å². The summed E-state index contributed by atoms with van der Waals surface area (Å²) in [6.45, 7) is 0. The predicted octanol–water partition coefficient (Wildman–Crippen LogP) is 2.32. The SMILES string of the molecule is NC(=Nc1cn(-c2cccnc2)nc1Cl)C1CC1. The van der Waals surface area contributed by atoms with Crippen LogP contribution in [0.5, 0.6) is 0 Å². The molecule has 0 unspecified atom stereocenters.